The van der Waals surface area contributed by atoms with Gasteiger partial charge in [0.1, 0.15) is 5.75 Å². The summed E-state index contributed by atoms with van der Waals surface area (Å²) in [5, 5.41) is 3.56. The Morgan fingerprint density at radius 3 is 2.50 bits per heavy atom. The Balaban J connectivity index is 2.23. The normalized spacial score (nSPS) is 11.7. The van der Waals surface area contributed by atoms with E-state index in [2.05, 4.69) is 10.0 Å². The van der Waals surface area contributed by atoms with Crippen LogP contribution in [0, 0.1) is 0 Å². The van der Waals surface area contributed by atoms with Crippen molar-refractivity contribution in [1.82, 2.24) is 4.72 Å². The summed E-state index contributed by atoms with van der Waals surface area (Å²) in [7, 11) is -1.52. The third-order valence-electron chi connectivity index (χ3n) is 3.25. The van der Waals surface area contributed by atoms with Crippen LogP contribution >= 0.6 is 11.6 Å². The number of halogens is 1. The first-order valence-corrected chi connectivity index (χ1v) is 9.35. The maximum absolute atomic E-state index is 11.6. The number of anilines is 1. The highest BCUT2D eigenvalue weighted by molar-refractivity contribution is 7.90. The van der Waals surface area contributed by atoms with Crippen molar-refractivity contribution in [3.63, 3.8) is 0 Å². The lowest BCUT2D eigenvalue weighted by atomic mass is 10.2. The fourth-order valence-electron chi connectivity index (χ4n) is 1.85. The van der Waals surface area contributed by atoms with Gasteiger partial charge in [-0.3, -0.25) is 0 Å². The number of sulfonamides is 1. The molecule has 5 nitrogen and oxygen atoms in total. The van der Waals surface area contributed by atoms with Gasteiger partial charge in [-0.05, 0) is 44.9 Å². The van der Waals surface area contributed by atoms with E-state index >= 15 is 0 Å². The average Bonchev–Trinajstić information content (AvgIpc) is 2.46. The van der Waals surface area contributed by atoms with Crippen molar-refractivity contribution in [2.45, 2.75) is 38.4 Å². The molecule has 126 valence electrons. The first-order chi connectivity index (χ1) is 10.4. The topological polar surface area (TPSA) is 67.4 Å². The Bertz CT molecular complexity index is 562. The van der Waals surface area contributed by atoms with E-state index in [9.17, 15) is 8.42 Å². The minimum absolute atomic E-state index is 0.385. The number of ether oxygens (including phenoxy) is 1. The zero-order valence-electron chi connectivity index (χ0n) is 13.4. The van der Waals surface area contributed by atoms with Crippen molar-refractivity contribution in [2.24, 2.45) is 0 Å². The predicted molar refractivity (Wildman–Crippen MR) is 92.4 cm³/mol. The Labute approximate surface area is 138 Å². The van der Waals surface area contributed by atoms with Crippen molar-refractivity contribution in [1.29, 1.82) is 0 Å². The molecule has 0 aromatic heterocycles. The number of hydrogen-bond acceptors (Lipinski definition) is 4. The summed E-state index contributed by atoms with van der Waals surface area (Å²) in [6, 6.07) is 5.44. The van der Waals surface area contributed by atoms with Crippen molar-refractivity contribution in [3.8, 4) is 5.75 Å². The molecule has 22 heavy (non-hydrogen) atoms. The van der Waals surface area contributed by atoms with Gasteiger partial charge in [-0.25, -0.2) is 13.1 Å². The lowest BCUT2D eigenvalue weighted by Gasteiger charge is -2.12. The van der Waals surface area contributed by atoms with Crippen LogP contribution in [0.1, 0.15) is 33.1 Å². The van der Waals surface area contributed by atoms with Crippen LogP contribution in [0.3, 0.4) is 0 Å². The monoisotopic (exact) mass is 348 g/mol. The molecular weight excluding hydrogens is 324 g/mol. The van der Waals surface area contributed by atoms with Crippen LogP contribution < -0.4 is 14.8 Å². The standard InChI is InChI=1S/C15H25ClN2O3S/c1-12(2)22(19,20)18-10-6-4-5-9-17-14-11-13(16)7-8-15(14)21-3/h7-8,11-12,17-18H,4-6,9-10H2,1-3H3. The van der Waals surface area contributed by atoms with Crippen LogP contribution in [0.2, 0.25) is 5.02 Å². The van der Waals surface area contributed by atoms with Crippen LogP contribution in [0.25, 0.3) is 0 Å². The molecule has 0 heterocycles. The van der Waals surface area contributed by atoms with Crippen molar-refractivity contribution in [3.05, 3.63) is 23.2 Å². The molecule has 0 unspecified atom stereocenters. The highest BCUT2D eigenvalue weighted by Gasteiger charge is 2.13. The predicted octanol–water partition coefficient (Wildman–Crippen LogP) is 3.26. The van der Waals surface area contributed by atoms with E-state index < -0.39 is 10.0 Å². The molecule has 0 aliphatic rings. The number of hydrogen-bond donors (Lipinski definition) is 2. The second kappa shape index (κ2) is 9.22. The van der Waals surface area contributed by atoms with Gasteiger partial charge in [0, 0.05) is 18.1 Å². The SMILES string of the molecule is COc1ccc(Cl)cc1NCCCCCNS(=O)(=O)C(C)C. The highest BCUT2D eigenvalue weighted by atomic mass is 35.5. The zero-order valence-corrected chi connectivity index (χ0v) is 14.9. The van der Waals surface area contributed by atoms with Crippen LogP contribution in [0.5, 0.6) is 5.75 Å². The van der Waals surface area contributed by atoms with Gasteiger partial charge in [-0.2, -0.15) is 0 Å². The van der Waals surface area contributed by atoms with Gasteiger partial charge in [-0.15, -0.1) is 0 Å². The molecule has 7 heteroatoms. The number of benzene rings is 1. The summed E-state index contributed by atoms with van der Waals surface area (Å²) in [6.07, 6.45) is 2.70. The first-order valence-electron chi connectivity index (χ1n) is 7.42. The largest absolute Gasteiger partial charge is 0.495 e. The van der Waals surface area contributed by atoms with Crippen molar-refractivity contribution < 1.29 is 13.2 Å². The van der Waals surface area contributed by atoms with E-state index in [4.69, 9.17) is 16.3 Å². The van der Waals surface area contributed by atoms with Gasteiger partial charge in [0.2, 0.25) is 10.0 Å². The first kappa shape index (κ1) is 19.1. The van der Waals surface area contributed by atoms with Crippen LogP contribution in [0.15, 0.2) is 18.2 Å². The van der Waals surface area contributed by atoms with Crippen LogP contribution in [0.4, 0.5) is 5.69 Å². The van der Waals surface area contributed by atoms with E-state index in [-0.39, 0.29) is 5.25 Å². The molecule has 0 aliphatic carbocycles. The molecule has 0 radical (unpaired) electrons. The third-order valence-corrected chi connectivity index (χ3v) is 5.34. The molecule has 0 bridgehead atoms. The van der Waals surface area contributed by atoms with Gasteiger partial charge < -0.3 is 10.1 Å². The van der Waals surface area contributed by atoms with E-state index in [1.807, 2.05) is 12.1 Å². The van der Waals surface area contributed by atoms with Crippen molar-refractivity contribution >= 4 is 27.3 Å². The smallest absolute Gasteiger partial charge is 0.213 e. The van der Waals surface area contributed by atoms with Gasteiger partial charge >= 0.3 is 0 Å². The lowest BCUT2D eigenvalue weighted by molar-refractivity contribution is 0.416. The van der Waals surface area contributed by atoms with Gasteiger partial charge in [0.25, 0.3) is 0 Å². The third kappa shape index (κ3) is 6.42. The molecule has 0 saturated carbocycles. The highest BCUT2D eigenvalue weighted by Crippen LogP contribution is 2.27. The molecule has 0 spiro atoms. The molecule has 1 aromatic rings. The maximum atomic E-state index is 11.6. The summed E-state index contributed by atoms with van der Waals surface area (Å²) >= 11 is 5.96. The molecule has 0 atom stereocenters. The molecule has 0 amide bonds. The minimum Gasteiger partial charge on any atom is -0.495 e. The molecule has 2 N–H and O–H groups in total. The lowest BCUT2D eigenvalue weighted by Crippen LogP contribution is -2.31. The average molecular weight is 349 g/mol. The summed E-state index contributed by atoms with van der Waals surface area (Å²) in [4.78, 5) is 0. The molecule has 1 rings (SSSR count). The summed E-state index contributed by atoms with van der Waals surface area (Å²) in [6.45, 7) is 4.61. The molecule has 0 fully saturated rings. The summed E-state index contributed by atoms with van der Waals surface area (Å²) in [5.74, 6) is 0.758. The van der Waals surface area contributed by atoms with Crippen molar-refractivity contribution in [2.75, 3.05) is 25.5 Å². The summed E-state index contributed by atoms with van der Waals surface area (Å²) < 4.78 is 31.0. The number of nitrogens with one attached hydrogen (secondary N) is 2. The number of methoxy groups -OCH3 is 1. The number of rotatable bonds is 10. The minimum atomic E-state index is -3.14. The Kier molecular flexibility index (Phi) is 8.00. The van der Waals surface area contributed by atoms with Crippen LogP contribution in [-0.2, 0) is 10.0 Å². The fourth-order valence-corrected chi connectivity index (χ4v) is 2.78. The fraction of sp³-hybridized carbons (Fsp3) is 0.600. The zero-order chi connectivity index (χ0) is 16.6. The maximum Gasteiger partial charge on any atom is 0.213 e. The molecule has 0 saturated heterocycles. The molecule has 0 aliphatic heterocycles. The second-order valence-electron chi connectivity index (χ2n) is 5.32. The second-order valence-corrected chi connectivity index (χ2v) is 8.08. The molecule has 1 aromatic carbocycles. The van der Waals surface area contributed by atoms with Gasteiger partial charge in [-0.1, -0.05) is 18.0 Å². The quantitative estimate of drug-likeness (QED) is 0.637. The van der Waals surface area contributed by atoms with Crippen LogP contribution in [-0.4, -0.2) is 33.9 Å². The Hall–Kier alpha value is -0.980. The van der Waals surface area contributed by atoms with E-state index in [1.54, 1.807) is 27.0 Å². The van der Waals surface area contributed by atoms with Gasteiger partial charge in [0.05, 0.1) is 18.0 Å². The molecular formula is C15H25ClN2O3S. The van der Waals surface area contributed by atoms with E-state index in [0.29, 0.717) is 11.6 Å². The van der Waals surface area contributed by atoms with Gasteiger partial charge in [0.15, 0.2) is 0 Å². The Morgan fingerprint density at radius 1 is 1.18 bits per heavy atom. The number of unbranched alkanes of at least 4 members (excludes halogenated alkanes) is 2. The Morgan fingerprint density at radius 2 is 1.86 bits per heavy atom. The van der Waals surface area contributed by atoms with E-state index in [1.165, 1.54) is 0 Å². The summed E-state index contributed by atoms with van der Waals surface area (Å²) in [5.41, 5.74) is 0.871. The van der Waals surface area contributed by atoms with E-state index in [0.717, 1.165) is 37.2 Å².